The lowest BCUT2D eigenvalue weighted by Crippen LogP contribution is -2.00. The molecule has 0 aliphatic carbocycles. The average molecular weight is 302 g/mol. The van der Waals surface area contributed by atoms with Crippen LogP contribution in [0, 0.1) is 0 Å². The third kappa shape index (κ3) is 2.43. The number of rotatable bonds is 3. The standard InChI is InChI=1S/C16H16ClN3O/c1-2-7-20-14-8-10(17)3-6-13(14)19-16(20)12-5-4-11(18)9-15(12)21/h3-6,8-9,21H,2,7,18H2,1H3. The Bertz CT molecular complexity index is 811. The molecule has 0 bridgehead atoms. The quantitative estimate of drug-likeness (QED) is 0.717. The van der Waals surface area contributed by atoms with E-state index in [2.05, 4.69) is 16.5 Å². The number of nitrogen functional groups attached to an aromatic ring is 1. The largest absolute Gasteiger partial charge is 0.507 e. The van der Waals surface area contributed by atoms with Crippen molar-refractivity contribution < 1.29 is 5.11 Å². The average Bonchev–Trinajstić information content (AvgIpc) is 2.78. The van der Waals surface area contributed by atoms with Crippen molar-refractivity contribution in [3.63, 3.8) is 0 Å². The zero-order valence-corrected chi connectivity index (χ0v) is 12.4. The predicted octanol–water partition coefficient (Wildman–Crippen LogP) is 4.05. The summed E-state index contributed by atoms with van der Waals surface area (Å²) in [6.45, 7) is 2.90. The van der Waals surface area contributed by atoms with Gasteiger partial charge in [-0.2, -0.15) is 0 Å². The Labute approximate surface area is 127 Å². The molecular formula is C16H16ClN3O. The maximum atomic E-state index is 10.2. The van der Waals surface area contributed by atoms with Gasteiger partial charge in [0.2, 0.25) is 0 Å². The fourth-order valence-corrected chi connectivity index (χ4v) is 2.66. The van der Waals surface area contributed by atoms with Gasteiger partial charge in [0.25, 0.3) is 0 Å². The summed E-state index contributed by atoms with van der Waals surface area (Å²) in [5.74, 6) is 0.861. The van der Waals surface area contributed by atoms with Crippen molar-refractivity contribution in [2.24, 2.45) is 0 Å². The Morgan fingerprint density at radius 1 is 1.24 bits per heavy atom. The van der Waals surface area contributed by atoms with E-state index in [9.17, 15) is 5.11 Å². The maximum absolute atomic E-state index is 10.2. The molecule has 0 radical (unpaired) electrons. The van der Waals surface area contributed by atoms with Gasteiger partial charge in [-0.15, -0.1) is 0 Å². The van der Waals surface area contributed by atoms with Crippen LogP contribution in [0.2, 0.25) is 5.02 Å². The van der Waals surface area contributed by atoms with Gasteiger partial charge in [0.1, 0.15) is 11.6 Å². The Balaban J connectivity index is 2.28. The van der Waals surface area contributed by atoms with Crippen LogP contribution in [0.1, 0.15) is 13.3 Å². The number of benzene rings is 2. The summed E-state index contributed by atoms with van der Waals surface area (Å²) >= 11 is 6.09. The Morgan fingerprint density at radius 2 is 2.05 bits per heavy atom. The second-order valence-corrected chi connectivity index (χ2v) is 5.43. The van der Waals surface area contributed by atoms with Crippen molar-refractivity contribution in [2.75, 3.05) is 5.73 Å². The van der Waals surface area contributed by atoms with E-state index in [1.807, 2.05) is 18.2 Å². The van der Waals surface area contributed by atoms with Gasteiger partial charge >= 0.3 is 0 Å². The van der Waals surface area contributed by atoms with Crippen LogP contribution in [0.15, 0.2) is 36.4 Å². The van der Waals surface area contributed by atoms with E-state index in [0.717, 1.165) is 29.8 Å². The van der Waals surface area contributed by atoms with E-state index in [1.165, 1.54) is 6.07 Å². The second-order valence-electron chi connectivity index (χ2n) is 5.00. The number of nitrogens with zero attached hydrogens (tertiary/aromatic N) is 2. The number of aromatic nitrogens is 2. The first-order chi connectivity index (χ1) is 10.1. The van der Waals surface area contributed by atoms with Gasteiger partial charge in [0.05, 0.1) is 16.6 Å². The third-order valence-electron chi connectivity index (χ3n) is 3.42. The van der Waals surface area contributed by atoms with Gasteiger partial charge in [0, 0.05) is 23.3 Å². The van der Waals surface area contributed by atoms with Crippen molar-refractivity contribution in [1.82, 2.24) is 9.55 Å². The van der Waals surface area contributed by atoms with Crippen LogP contribution in [0.4, 0.5) is 5.69 Å². The van der Waals surface area contributed by atoms with E-state index >= 15 is 0 Å². The summed E-state index contributed by atoms with van der Waals surface area (Å²) < 4.78 is 2.08. The number of aryl methyl sites for hydroxylation is 1. The van der Waals surface area contributed by atoms with Crippen molar-refractivity contribution in [2.45, 2.75) is 19.9 Å². The summed E-state index contributed by atoms with van der Waals surface area (Å²) in [7, 11) is 0. The number of nitrogens with two attached hydrogens (primary N) is 1. The smallest absolute Gasteiger partial charge is 0.144 e. The van der Waals surface area contributed by atoms with Crippen molar-refractivity contribution in [3.8, 4) is 17.1 Å². The molecule has 1 aromatic heterocycles. The molecule has 0 atom stereocenters. The Kier molecular flexibility index (Phi) is 3.47. The fourth-order valence-electron chi connectivity index (χ4n) is 2.49. The third-order valence-corrected chi connectivity index (χ3v) is 3.66. The number of phenolic OH excluding ortho intramolecular Hbond substituents is 1. The molecule has 0 aliphatic rings. The van der Waals surface area contributed by atoms with Gasteiger partial charge in [-0.3, -0.25) is 0 Å². The lowest BCUT2D eigenvalue weighted by atomic mass is 10.1. The van der Waals surface area contributed by atoms with Crippen LogP contribution in [-0.2, 0) is 6.54 Å². The monoisotopic (exact) mass is 301 g/mol. The zero-order valence-electron chi connectivity index (χ0n) is 11.7. The highest BCUT2D eigenvalue weighted by Gasteiger charge is 2.15. The highest BCUT2D eigenvalue weighted by Crippen LogP contribution is 2.33. The number of anilines is 1. The lowest BCUT2D eigenvalue weighted by Gasteiger charge is -2.09. The van der Waals surface area contributed by atoms with Crippen LogP contribution < -0.4 is 5.73 Å². The van der Waals surface area contributed by atoms with Crippen LogP contribution >= 0.6 is 11.6 Å². The van der Waals surface area contributed by atoms with Gasteiger partial charge in [-0.1, -0.05) is 18.5 Å². The Morgan fingerprint density at radius 3 is 2.76 bits per heavy atom. The predicted molar refractivity (Wildman–Crippen MR) is 86.5 cm³/mol. The zero-order chi connectivity index (χ0) is 15.0. The molecule has 3 aromatic rings. The molecule has 4 nitrogen and oxygen atoms in total. The van der Waals surface area contributed by atoms with E-state index in [0.29, 0.717) is 16.3 Å². The number of aromatic hydroxyl groups is 1. The molecule has 0 spiro atoms. The van der Waals surface area contributed by atoms with Gasteiger partial charge in [-0.05, 0) is 36.8 Å². The minimum atomic E-state index is 0.133. The summed E-state index contributed by atoms with van der Waals surface area (Å²) in [5, 5.41) is 10.8. The molecule has 1 heterocycles. The van der Waals surface area contributed by atoms with Crippen molar-refractivity contribution >= 4 is 28.3 Å². The number of phenols is 1. The molecule has 0 saturated carbocycles. The first-order valence-electron chi connectivity index (χ1n) is 6.85. The van der Waals surface area contributed by atoms with Crippen LogP contribution in [0.3, 0.4) is 0 Å². The van der Waals surface area contributed by atoms with Gasteiger partial charge in [0.15, 0.2) is 0 Å². The fraction of sp³-hybridized carbons (Fsp3) is 0.188. The summed E-state index contributed by atoms with van der Waals surface area (Å²) in [6, 6.07) is 10.7. The molecule has 3 rings (SSSR count). The van der Waals surface area contributed by atoms with Crippen molar-refractivity contribution in [3.05, 3.63) is 41.4 Å². The molecule has 3 N–H and O–H groups in total. The number of hydrogen-bond donors (Lipinski definition) is 2. The Hall–Kier alpha value is -2.20. The highest BCUT2D eigenvalue weighted by molar-refractivity contribution is 6.31. The lowest BCUT2D eigenvalue weighted by molar-refractivity contribution is 0.476. The minimum absolute atomic E-state index is 0.133. The van der Waals surface area contributed by atoms with Crippen LogP contribution in [0.25, 0.3) is 22.4 Å². The molecule has 0 amide bonds. The summed E-state index contributed by atoms with van der Waals surface area (Å²) in [5.41, 5.74) is 8.72. The molecule has 0 saturated heterocycles. The van der Waals surface area contributed by atoms with E-state index < -0.39 is 0 Å². The summed E-state index contributed by atoms with van der Waals surface area (Å²) in [6.07, 6.45) is 0.959. The minimum Gasteiger partial charge on any atom is -0.507 e. The van der Waals surface area contributed by atoms with Crippen LogP contribution in [-0.4, -0.2) is 14.7 Å². The number of fused-ring (bicyclic) bond motifs is 1. The highest BCUT2D eigenvalue weighted by atomic mass is 35.5. The van der Waals surface area contributed by atoms with Crippen molar-refractivity contribution in [1.29, 1.82) is 0 Å². The first-order valence-corrected chi connectivity index (χ1v) is 7.22. The number of imidazole rings is 1. The van der Waals surface area contributed by atoms with E-state index in [4.69, 9.17) is 17.3 Å². The normalized spacial score (nSPS) is 11.1. The number of halogens is 1. The van der Waals surface area contributed by atoms with Gasteiger partial charge in [-0.25, -0.2) is 4.98 Å². The molecule has 0 aliphatic heterocycles. The second kappa shape index (κ2) is 5.30. The molecule has 21 heavy (non-hydrogen) atoms. The molecule has 108 valence electrons. The molecule has 0 unspecified atom stereocenters. The van der Waals surface area contributed by atoms with Crippen LogP contribution in [0.5, 0.6) is 5.75 Å². The maximum Gasteiger partial charge on any atom is 0.144 e. The SMILES string of the molecule is CCCn1c(-c2ccc(N)cc2O)nc2ccc(Cl)cc21. The topological polar surface area (TPSA) is 64.1 Å². The molecular weight excluding hydrogens is 286 g/mol. The van der Waals surface area contributed by atoms with E-state index in [1.54, 1.807) is 12.1 Å². The molecule has 5 heteroatoms. The molecule has 2 aromatic carbocycles. The van der Waals surface area contributed by atoms with Gasteiger partial charge < -0.3 is 15.4 Å². The summed E-state index contributed by atoms with van der Waals surface area (Å²) in [4.78, 5) is 4.64. The first kappa shape index (κ1) is 13.8. The van der Waals surface area contributed by atoms with E-state index in [-0.39, 0.29) is 5.75 Å². The molecule has 0 fully saturated rings. The number of hydrogen-bond acceptors (Lipinski definition) is 3.